The van der Waals surface area contributed by atoms with Gasteiger partial charge in [-0.05, 0) is 45.3 Å². The smallest absolute Gasteiger partial charge is 0.226 e. The molecular weight excluding hydrogens is 316 g/mol. The zero-order valence-electron chi connectivity index (χ0n) is 15.0. The molecule has 0 spiro atoms. The van der Waals surface area contributed by atoms with Crippen molar-refractivity contribution in [1.82, 2.24) is 19.6 Å². The summed E-state index contributed by atoms with van der Waals surface area (Å²) in [5.41, 5.74) is 1.10. The quantitative estimate of drug-likeness (QED) is 0.774. The minimum Gasteiger partial charge on any atom is -0.493 e. The maximum Gasteiger partial charge on any atom is 0.226 e. The maximum atomic E-state index is 12.6. The van der Waals surface area contributed by atoms with Crippen LogP contribution in [0.2, 0.25) is 0 Å². The lowest BCUT2D eigenvalue weighted by Gasteiger charge is -2.34. The fourth-order valence-corrected chi connectivity index (χ4v) is 3.13. The Morgan fingerprint density at radius 1 is 1.28 bits per heavy atom. The summed E-state index contributed by atoms with van der Waals surface area (Å²) >= 11 is 0. The number of carbonyl (C=O) groups is 1. The van der Waals surface area contributed by atoms with Crippen LogP contribution >= 0.6 is 0 Å². The molecule has 0 aliphatic carbocycles. The molecule has 1 aromatic heterocycles. The number of aromatic nitrogens is 2. The highest BCUT2D eigenvalue weighted by Crippen LogP contribution is 2.23. The first kappa shape index (κ1) is 17.5. The second kappa shape index (κ2) is 8.16. The van der Waals surface area contributed by atoms with E-state index < -0.39 is 0 Å². The molecule has 25 heavy (non-hydrogen) atoms. The van der Waals surface area contributed by atoms with Gasteiger partial charge in [0, 0.05) is 12.7 Å². The van der Waals surface area contributed by atoms with E-state index in [0.29, 0.717) is 26.1 Å². The van der Waals surface area contributed by atoms with E-state index in [4.69, 9.17) is 4.74 Å². The van der Waals surface area contributed by atoms with Crippen LogP contribution in [0, 0.1) is 0 Å². The Labute approximate surface area is 149 Å². The molecule has 0 N–H and O–H groups in total. The summed E-state index contributed by atoms with van der Waals surface area (Å²) < 4.78 is 7.73. The molecular formula is C19H26N4O2. The molecule has 1 aliphatic rings. The van der Waals surface area contributed by atoms with Gasteiger partial charge in [0.15, 0.2) is 0 Å². The van der Waals surface area contributed by atoms with Gasteiger partial charge in [0.25, 0.3) is 0 Å². The Balaban J connectivity index is 1.55. The van der Waals surface area contributed by atoms with E-state index in [1.54, 1.807) is 0 Å². The first-order chi connectivity index (χ1) is 12.1. The lowest BCUT2D eigenvalue weighted by molar-refractivity contribution is -0.133. The molecule has 1 atom stereocenters. The highest BCUT2D eigenvalue weighted by Gasteiger charge is 2.28. The van der Waals surface area contributed by atoms with Gasteiger partial charge in [0.2, 0.25) is 5.91 Å². The normalized spacial score (nSPS) is 16.8. The van der Waals surface area contributed by atoms with Crippen molar-refractivity contribution in [3.05, 3.63) is 48.3 Å². The van der Waals surface area contributed by atoms with Crippen LogP contribution in [0.1, 0.15) is 24.6 Å². The third-order valence-electron chi connectivity index (χ3n) is 4.47. The van der Waals surface area contributed by atoms with E-state index in [0.717, 1.165) is 24.4 Å². The van der Waals surface area contributed by atoms with E-state index >= 15 is 0 Å². The summed E-state index contributed by atoms with van der Waals surface area (Å²) in [4.78, 5) is 16.7. The largest absolute Gasteiger partial charge is 0.493 e. The Hall–Kier alpha value is -2.34. The van der Waals surface area contributed by atoms with Crippen LogP contribution in [0.3, 0.4) is 0 Å². The van der Waals surface area contributed by atoms with Gasteiger partial charge in [-0.15, -0.1) is 0 Å². The van der Waals surface area contributed by atoms with E-state index in [1.807, 2.05) is 47.5 Å². The van der Waals surface area contributed by atoms with E-state index in [9.17, 15) is 4.79 Å². The molecule has 1 amide bonds. The second-order valence-electron chi connectivity index (χ2n) is 6.70. The molecule has 0 unspecified atom stereocenters. The number of rotatable bonds is 7. The number of para-hydroxylation sites is 1. The minimum atomic E-state index is 0.137. The first-order valence-corrected chi connectivity index (χ1v) is 8.76. The highest BCUT2D eigenvalue weighted by molar-refractivity contribution is 5.76. The van der Waals surface area contributed by atoms with Crippen LogP contribution < -0.4 is 4.74 Å². The molecule has 0 radical (unpaired) electrons. The lowest BCUT2D eigenvalue weighted by atomic mass is 10.1. The van der Waals surface area contributed by atoms with Crippen molar-refractivity contribution in [2.24, 2.45) is 0 Å². The van der Waals surface area contributed by atoms with Crippen LogP contribution in [0.25, 0.3) is 0 Å². The third-order valence-corrected chi connectivity index (χ3v) is 4.47. The van der Waals surface area contributed by atoms with Gasteiger partial charge in [-0.3, -0.25) is 9.48 Å². The van der Waals surface area contributed by atoms with Gasteiger partial charge >= 0.3 is 0 Å². The number of carbonyl (C=O) groups excluding carboxylic acids is 1. The lowest BCUT2D eigenvalue weighted by Crippen LogP contribution is -2.42. The molecule has 134 valence electrons. The molecule has 0 fully saturated rings. The van der Waals surface area contributed by atoms with Crippen molar-refractivity contribution in [2.75, 3.05) is 33.8 Å². The van der Waals surface area contributed by atoms with Crippen LogP contribution in [0.4, 0.5) is 0 Å². The molecule has 3 rings (SSSR count). The van der Waals surface area contributed by atoms with Crippen molar-refractivity contribution in [2.45, 2.75) is 25.4 Å². The standard InChI is InChI=1S/C19H26N4O2/c1-21(2)12-9-17-15-22(14-16-8-11-20-23(16)17)19(24)10-13-25-18-6-4-3-5-7-18/h3-8,11,17H,9-10,12-15H2,1-2H3/t17-/m1/s1. The molecule has 1 aromatic carbocycles. The second-order valence-corrected chi connectivity index (χ2v) is 6.70. The van der Waals surface area contributed by atoms with E-state index in [-0.39, 0.29) is 11.9 Å². The predicted octanol–water partition coefficient (Wildman–Crippen LogP) is 2.19. The Kier molecular flexibility index (Phi) is 5.71. The minimum absolute atomic E-state index is 0.137. The zero-order valence-corrected chi connectivity index (χ0v) is 15.0. The summed E-state index contributed by atoms with van der Waals surface area (Å²) in [5, 5.41) is 4.45. The third kappa shape index (κ3) is 4.60. The van der Waals surface area contributed by atoms with Gasteiger partial charge in [-0.1, -0.05) is 18.2 Å². The molecule has 2 aromatic rings. The van der Waals surface area contributed by atoms with E-state index in [1.165, 1.54) is 0 Å². The Morgan fingerprint density at radius 3 is 2.84 bits per heavy atom. The molecule has 0 saturated heterocycles. The fourth-order valence-electron chi connectivity index (χ4n) is 3.13. The summed E-state index contributed by atoms with van der Waals surface area (Å²) in [6.45, 7) is 2.72. The zero-order chi connectivity index (χ0) is 17.6. The van der Waals surface area contributed by atoms with Gasteiger partial charge in [0.1, 0.15) is 5.75 Å². The molecule has 2 heterocycles. The van der Waals surface area contributed by atoms with Gasteiger partial charge < -0.3 is 14.5 Å². The summed E-state index contributed by atoms with van der Waals surface area (Å²) in [7, 11) is 4.13. The van der Waals surface area contributed by atoms with Gasteiger partial charge in [0.05, 0.1) is 31.3 Å². The van der Waals surface area contributed by atoms with Crippen molar-refractivity contribution >= 4 is 5.91 Å². The van der Waals surface area contributed by atoms with Crippen molar-refractivity contribution in [1.29, 1.82) is 0 Å². The average Bonchev–Trinajstić information content (AvgIpc) is 3.09. The Morgan fingerprint density at radius 2 is 2.08 bits per heavy atom. The molecule has 6 heteroatoms. The average molecular weight is 342 g/mol. The highest BCUT2D eigenvalue weighted by atomic mass is 16.5. The van der Waals surface area contributed by atoms with Crippen LogP contribution in [-0.4, -0.2) is 59.3 Å². The molecule has 0 saturated carbocycles. The van der Waals surface area contributed by atoms with Crippen molar-refractivity contribution < 1.29 is 9.53 Å². The fraction of sp³-hybridized carbons (Fsp3) is 0.474. The molecule has 0 bridgehead atoms. The number of amides is 1. The number of benzene rings is 1. The number of hydrogen-bond donors (Lipinski definition) is 0. The maximum absolute atomic E-state index is 12.6. The van der Waals surface area contributed by atoms with Crippen LogP contribution in [0.15, 0.2) is 42.6 Å². The number of nitrogens with zero attached hydrogens (tertiary/aromatic N) is 4. The summed E-state index contributed by atoms with van der Waals surface area (Å²) in [6.07, 6.45) is 3.19. The predicted molar refractivity (Wildman–Crippen MR) is 96.4 cm³/mol. The Bertz CT molecular complexity index is 684. The van der Waals surface area contributed by atoms with Crippen molar-refractivity contribution in [3.8, 4) is 5.75 Å². The number of ether oxygens (including phenoxy) is 1. The van der Waals surface area contributed by atoms with Gasteiger partial charge in [-0.2, -0.15) is 5.10 Å². The molecule has 6 nitrogen and oxygen atoms in total. The SMILES string of the molecule is CN(C)CC[C@@H]1CN(C(=O)CCOc2ccccc2)Cc2ccnn21. The van der Waals surface area contributed by atoms with E-state index in [2.05, 4.69) is 28.8 Å². The monoisotopic (exact) mass is 342 g/mol. The summed E-state index contributed by atoms with van der Waals surface area (Å²) in [5.74, 6) is 0.939. The molecule has 1 aliphatic heterocycles. The van der Waals surface area contributed by atoms with Gasteiger partial charge in [-0.25, -0.2) is 0 Å². The number of hydrogen-bond acceptors (Lipinski definition) is 4. The topological polar surface area (TPSA) is 50.6 Å². The number of fused-ring (bicyclic) bond motifs is 1. The van der Waals surface area contributed by atoms with Crippen LogP contribution in [-0.2, 0) is 11.3 Å². The first-order valence-electron chi connectivity index (χ1n) is 8.76. The van der Waals surface area contributed by atoms with Crippen LogP contribution in [0.5, 0.6) is 5.75 Å². The summed E-state index contributed by atoms with van der Waals surface area (Å²) in [6, 6.07) is 11.9. The van der Waals surface area contributed by atoms with Crippen molar-refractivity contribution in [3.63, 3.8) is 0 Å².